The summed E-state index contributed by atoms with van der Waals surface area (Å²) in [5.41, 5.74) is 3.35. The van der Waals surface area contributed by atoms with E-state index in [0.29, 0.717) is 28.9 Å². The summed E-state index contributed by atoms with van der Waals surface area (Å²) in [6, 6.07) is 27.0. The quantitative estimate of drug-likeness (QED) is 0.0557. The summed E-state index contributed by atoms with van der Waals surface area (Å²) in [5, 5.41) is 11.3. The van der Waals surface area contributed by atoms with Crippen LogP contribution in [-0.4, -0.2) is 70.7 Å². The van der Waals surface area contributed by atoms with Crippen molar-refractivity contribution in [3.8, 4) is 0 Å². The number of aliphatic imine (C=N–C) groups is 1. The van der Waals surface area contributed by atoms with Gasteiger partial charge in [0.05, 0.1) is 33.6 Å². The van der Waals surface area contributed by atoms with Crippen molar-refractivity contribution in [3.63, 3.8) is 0 Å². The molecule has 64 heavy (non-hydrogen) atoms. The highest BCUT2D eigenvalue weighted by molar-refractivity contribution is 7.90. The standard InChI is InChI=1S/C39H50N6O5S.C10H12N2S/c1-3-4-5-6-7-8-9-10-11-12-13-14-15-20-29-50-39(47)30-25-27-31(28-26-30)40-38(46)36(45-34-23-18-16-21-32(34)42-43-45)37-41-33-22-17-19-24-35(33)51(48,49)44(37)2;1-3-12-8-6-4-5-7-9(8)13-10(12)11-2/h16-19,21-28,36H,3-15,20,29H2,1-2H3,(H,40,46);4-7H,3H2,1-2H3. The fourth-order valence-corrected chi connectivity index (χ4v) is 10.2. The second-order valence-corrected chi connectivity index (χ2v) is 18.9. The van der Waals surface area contributed by atoms with Crippen LogP contribution in [0.1, 0.15) is 120 Å². The number of ether oxygens (including phenoxy) is 1. The number of carbonyl (C=O) groups is 2. The Kier molecular flexibility index (Phi) is 17.8. The number of nitrogens with zero attached hydrogens (tertiary/aromatic N) is 7. The molecule has 1 aliphatic rings. The predicted octanol–water partition coefficient (Wildman–Crippen LogP) is 10.9. The molecule has 340 valence electrons. The number of nitrogens with one attached hydrogen (secondary N) is 1. The van der Waals surface area contributed by atoms with Crippen LogP contribution in [0.3, 0.4) is 0 Å². The molecule has 0 saturated heterocycles. The van der Waals surface area contributed by atoms with Gasteiger partial charge in [0.25, 0.3) is 15.9 Å². The number of esters is 1. The van der Waals surface area contributed by atoms with Gasteiger partial charge in [-0.3, -0.25) is 14.1 Å². The lowest BCUT2D eigenvalue weighted by Crippen LogP contribution is -2.45. The van der Waals surface area contributed by atoms with Gasteiger partial charge in [0.2, 0.25) is 0 Å². The number of hydrogen-bond donors (Lipinski definition) is 1. The number of anilines is 1. The summed E-state index contributed by atoms with van der Waals surface area (Å²) in [6.07, 6.45) is 17.7. The van der Waals surface area contributed by atoms with Gasteiger partial charge < -0.3 is 14.6 Å². The highest BCUT2D eigenvalue weighted by Gasteiger charge is 2.40. The number of thiazole rings is 1. The summed E-state index contributed by atoms with van der Waals surface area (Å²) in [4.78, 5) is 36.7. The Hall–Kier alpha value is -5.67. The van der Waals surface area contributed by atoms with Gasteiger partial charge in [-0.2, -0.15) is 0 Å². The van der Waals surface area contributed by atoms with Gasteiger partial charge in [0, 0.05) is 26.3 Å². The Labute approximate surface area is 381 Å². The number of rotatable bonds is 21. The molecular weight excluding hydrogens is 845 g/mol. The molecular formula is C49H62N8O5S2. The Morgan fingerprint density at radius 2 is 1.34 bits per heavy atom. The molecule has 1 N–H and O–H groups in total. The van der Waals surface area contributed by atoms with Crippen molar-refractivity contribution in [2.75, 3.05) is 26.0 Å². The molecule has 1 amide bonds. The molecule has 13 nitrogen and oxygen atoms in total. The van der Waals surface area contributed by atoms with E-state index in [-0.39, 0.29) is 16.4 Å². The number of amides is 1. The molecule has 0 radical (unpaired) electrons. The SMILES string of the molecule is CCCCCCCCCCCCCCCCOC(=O)c1ccc(NC(=O)C(C2=Nc3ccccc3S(=O)(=O)N2C)n2nnc3ccccc32)cc1.CCn1c(=NC)sc2ccccc21. The van der Waals surface area contributed by atoms with Crippen LogP contribution in [0.15, 0.2) is 112 Å². The van der Waals surface area contributed by atoms with E-state index < -0.39 is 27.9 Å². The maximum Gasteiger partial charge on any atom is 0.338 e. The summed E-state index contributed by atoms with van der Waals surface area (Å²) < 4.78 is 38.4. The zero-order valence-electron chi connectivity index (χ0n) is 37.6. The summed E-state index contributed by atoms with van der Waals surface area (Å²) in [7, 11) is -0.787. The van der Waals surface area contributed by atoms with Crippen LogP contribution >= 0.6 is 11.3 Å². The topological polar surface area (TPSA) is 153 Å². The minimum atomic E-state index is -3.99. The fourth-order valence-electron chi connectivity index (χ4n) is 7.82. The maximum atomic E-state index is 14.0. The first-order chi connectivity index (χ1) is 31.2. The summed E-state index contributed by atoms with van der Waals surface area (Å²) in [6.45, 7) is 5.75. The van der Waals surface area contributed by atoms with Gasteiger partial charge in [-0.15, -0.1) is 5.10 Å². The second-order valence-electron chi connectivity index (χ2n) is 16.0. The number of likely N-dealkylation sites (N-methyl/N-ethyl adjacent to an activating group) is 1. The zero-order chi connectivity index (χ0) is 45.3. The molecule has 2 aromatic heterocycles. The molecule has 1 aliphatic heterocycles. The molecule has 1 atom stereocenters. The minimum absolute atomic E-state index is 0.0365. The smallest absolute Gasteiger partial charge is 0.338 e. The van der Waals surface area contributed by atoms with Crippen LogP contribution in [0.25, 0.3) is 21.3 Å². The molecule has 0 saturated carbocycles. The van der Waals surface area contributed by atoms with Crippen LogP contribution in [0.2, 0.25) is 0 Å². The van der Waals surface area contributed by atoms with E-state index >= 15 is 0 Å². The summed E-state index contributed by atoms with van der Waals surface area (Å²) in [5.74, 6) is -1.04. The molecule has 3 heterocycles. The molecule has 0 bridgehead atoms. The van der Waals surface area contributed by atoms with E-state index in [1.807, 2.05) is 7.05 Å². The van der Waals surface area contributed by atoms with Gasteiger partial charge >= 0.3 is 5.97 Å². The fraction of sp³-hybridized carbons (Fsp3) is 0.429. The second kappa shape index (κ2) is 23.9. The van der Waals surface area contributed by atoms with Gasteiger partial charge in [-0.05, 0) is 74.0 Å². The monoisotopic (exact) mass is 906 g/mol. The van der Waals surface area contributed by atoms with Crippen molar-refractivity contribution >= 4 is 71.7 Å². The number of benzene rings is 4. The van der Waals surface area contributed by atoms with Crippen molar-refractivity contribution in [1.29, 1.82) is 0 Å². The Morgan fingerprint density at radius 3 is 2.00 bits per heavy atom. The number of fused-ring (bicyclic) bond motifs is 3. The highest BCUT2D eigenvalue weighted by Crippen LogP contribution is 2.35. The van der Waals surface area contributed by atoms with Crippen LogP contribution in [0.5, 0.6) is 0 Å². The predicted molar refractivity (Wildman–Crippen MR) is 258 cm³/mol. The highest BCUT2D eigenvalue weighted by atomic mass is 32.2. The van der Waals surface area contributed by atoms with E-state index in [1.165, 1.54) is 98.6 Å². The van der Waals surface area contributed by atoms with E-state index in [0.717, 1.165) is 34.9 Å². The van der Waals surface area contributed by atoms with E-state index in [9.17, 15) is 18.0 Å². The Balaban J connectivity index is 0.000000444. The van der Waals surface area contributed by atoms with E-state index in [4.69, 9.17) is 4.74 Å². The van der Waals surface area contributed by atoms with Crippen molar-refractivity contribution in [2.24, 2.45) is 9.98 Å². The number of aryl methyl sites for hydroxylation is 1. The van der Waals surface area contributed by atoms with Crippen LogP contribution in [0, 0.1) is 0 Å². The zero-order valence-corrected chi connectivity index (χ0v) is 39.2. The molecule has 6 aromatic rings. The number of sulfonamides is 1. The molecule has 0 spiro atoms. The number of hydrogen-bond acceptors (Lipinski definition) is 10. The molecule has 7 rings (SSSR count). The molecule has 1 unspecified atom stereocenters. The molecule has 15 heteroatoms. The van der Waals surface area contributed by atoms with E-state index in [2.05, 4.69) is 68.3 Å². The van der Waals surface area contributed by atoms with Crippen LogP contribution < -0.4 is 10.1 Å². The lowest BCUT2D eigenvalue weighted by atomic mass is 10.0. The summed E-state index contributed by atoms with van der Waals surface area (Å²) >= 11 is 1.74. The number of unbranched alkanes of at least 4 members (excludes halogenated alkanes) is 13. The van der Waals surface area contributed by atoms with E-state index in [1.54, 1.807) is 78.1 Å². The minimum Gasteiger partial charge on any atom is -0.462 e. The molecule has 0 fully saturated rings. The first kappa shape index (κ1) is 47.8. The number of aromatic nitrogens is 4. The average Bonchev–Trinajstić information content (AvgIpc) is 3.91. The first-order valence-electron chi connectivity index (χ1n) is 22.7. The molecule has 4 aromatic carbocycles. The average molecular weight is 907 g/mol. The number of para-hydroxylation sites is 3. The third-order valence-electron chi connectivity index (χ3n) is 11.4. The van der Waals surface area contributed by atoms with Gasteiger partial charge in [-0.1, -0.05) is 143 Å². The van der Waals surface area contributed by atoms with Crippen molar-refractivity contribution < 1.29 is 22.7 Å². The number of amidine groups is 1. The lowest BCUT2D eigenvalue weighted by molar-refractivity contribution is -0.117. The Bertz CT molecular complexity index is 2670. The van der Waals surface area contributed by atoms with Crippen LogP contribution in [-0.2, 0) is 26.1 Å². The van der Waals surface area contributed by atoms with Crippen LogP contribution in [0.4, 0.5) is 11.4 Å². The molecule has 0 aliphatic carbocycles. The largest absolute Gasteiger partial charge is 0.462 e. The third kappa shape index (κ3) is 12.1. The number of carbonyl (C=O) groups excluding carboxylic acids is 2. The normalized spacial score (nSPS) is 13.8. The van der Waals surface area contributed by atoms with Gasteiger partial charge in [0.1, 0.15) is 10.4 Å². The van der Waals surface area contributed by atoms with Gasteiger partial charge in [-0.25, -0.2) is 22.9 Å². The van der Waals surface area contributed by atoms with Crippen molar-refractivity contribution in [2.45, 2.75) is 121 Å². The maximum absolute atomic E-state index is 14.0. The van der Waals surface area contributed by atoms with Crippen molar-refractivity contribution in [1.82, 2.24) is 23.9 Å². The Morgan fingerprint density at radius 1 is 0.750 bits per heavy atom. The third-order valence-corrected chi connectivity index (χ3v) is 14.4. The first-order valence-corrected chi connectivity index (χ1v) is 25.0. The van der Waals surface area contributed by atoms with Crippen molar-refractivity contribution in [3.05, 3.63) is 107 Å². The lowest BCUT2D eigenvalue weighted by Gasteiger charge is -2.30. The van der Waals surface area contributed by atoms with Gasteiger partial charge in [0.15, 0.2) is 16.7 Å².